The lowest BCUT2D eigenvalue weighted by Gasteiger charge is -2.17. The minimum atomic E-state index is -0.763. The maximum absolute atomic E-state index is 12.4. The second-order valence-corrected chi connectivity index (χ2v) is 7.21. The number of carbonyl (C=O) groups excluding carboxylic acids is 2. The van der Waals surface area contributed by atoms with Crippen molar-refractivity contribution in [2.24, 2.45) is 0 Å². The van der Waals surface area contributed by atoms with Crippen molar-refractivity contribution in [3.63, 3.8) is 0 Å². The summed E-state index contributed by atoms with van der Waals surface area (Å²) in [4.78, 5) is 28.7. The number of hydrogen-bond donors (Lipinski definition) is 2. The van der Waals surface area contributed by atoms with E-state index in [-0.39, 0.29) is 0 Å². The van der Waals surface area contributed by atoms with Gasteiger partial charge in [0.2, 0.25) is 0 Å². The van der Waals surface area contributed by atoms with Gasteiger partial charge in [-0.1, -0.05) is 0 Å². The Morgan fingerprint density at radius 2 is 2.00 bits per heavy atom. The quantitative estimate of drug-likeness (QED) is 0.365. The van der Waals surface area contributed by atoms with Gasteiger partial charge in [-0.2, -0.15) is 4.73 Å². The van der Waals surface area contributed by atoms with E-state index in [4.69, 9.17) is 9.15 Å². The Morgan fingerprint density at radius 3 is 2.63 bits per heavy atom. The molecule has 2 N–H and O–H groups in total. The van der Waals surface area contributed by atoms with Crippen LogP contribution in [0.5, 0.6) is 5.75 Å². The van der Waals surface area contributed by atoms with Crippen LogP contribution in [0.4, 0.5) is 5.69 Å². The number of benzene rings is 1. The fourth-order valence-corrected chi connectivity index (χ4v) is 3.26. The van der Waals surface area contributed by atoms with Crippen molar-refractivity contribution in [3.8, 4) is 17.1 Å². The van der Waals surface area contributed by atoms with Crippen molar-refractivity contribution in [1.82, 2.24) is 10.3 Å². The molecular formula is C21H20N4O5. The van der Waals surface area contributed by atoms with E-state index in [1.165, 1.54) is 25.9 Å². The fourth-order valence-electron chi connectivity index (χ4n) is 3.26. The number of methoxy groups -OCH3 is 1. The minimum Gasteiger partial charge on any atom is -0.619 e. The SMILES string of the molecule is COc1cc(NC(=O)C(=O)NC2(Cc3cc[n+]([O-])cc3)CC2)ccc1-c1cnco1. The second kappa shape index (κ2) is 7.86. The number of nitrogens with zero attached hydrogens (tertiary/aromatic N) is 2. The Bertz CT molecular complexity index is 1060. The molecule has 9 nitrogen and oxygen atoms in total. The molecule has 4 rings (SSSR count). The molecule has 0 aliphatic heterocycles. The zero-order valence-corrected chi connectivity index (χ0v) is 16.3. The third-order valence-corrected chi connectivity index (χ3v) is 5.01. The molecule has 2 amide bonds. The van der Waals surface area contributed by atoms with Crippen LogP contribution in [0.1, 0.15) is 18.4 Å². The van der Waals surface area contributed by atoms with E-state index in [2.05, 4.69) is 15.6 Å². The predicted octanol–water partition coefficient (Wildman–Crippen LogP) is 1.81. The summed E-state index contributed by atoms with van der Waals surface area (Å²) in [6.07, 6.45) is 7.81. The second-order valence-electron chi connectivity index (χ2n) is 7.21. The summed E-state index contributed by atoms with van der Waals surface area (Å²) >= 11 is 0. The summed E-state index contributed by atoms with van der Waals surface area (Å²) in [5.74, 6) is -0.466. The summed E-state index contributed by atoms with van der Waals surface area (Å²) < 4.78 is 11.3. The molecule has 0 unspecified atom stereocenters. The molecule has 0 bridgehead atoms. The maximum atomic E-state index is 12.4. The first-order chi connectivity index (χ1) is 14.5. The number of rotatable bonds is 6. The molecule has 0 saturated heterocycles. The summed E-state index contributed by atoms with van der Waals surface area (Å²) in [5.41, 5.74) is 1.57. The first kappa shape index (κ1) is 19.4. The fraction of sp³-hybridized carbons (Fsp3) is 0.238. The Kier molecular flexibility index (Phi) is 5.09. The monoisotopic (exact) mass is 408 g/mol. The number of anilines is 1. The van der Waals surface area contributed by atoms with Crippen molar-refractivity contribution < 1.29 is 23.5 Å². The predicted molar refractivity (Wildman–Crippen MR) is 106 cm³/mol. The van der Waals surface area contributed by atoms with Gasteiger partial charge in [-0.25, -0.2) is 4.98 Å². The molecular weight excluding hydrogens is 388 g/mol. The van der Waals surface area contributed by atoms with Gasteiger partial charge >= 0.3 is 11.8 Å². The number of oxazole rings is 1. The van der Waals surface area contributed by atoms with Gasteiger partial charge in [0.15, 0.2) is 24.5 Å². The number of hydrogen-bond acceptors (Lipinski definition) is 6. The van der Waals surface area contributed by atoms with Crippen LogP contribution >= 0.6 is 0 Å². The van der Waals surface area contributed by atoms with E-state index in [1.54, 1.807) is 36.5 Å². The number of ether oxygens (including phenoxy) is 1. The van der Waals surface area contributed by atoms with E-state index in [1.807, 2.05) is 0 Å². The van der Waals surface area contributed by atoms with Crippen LogP contribution in [0.3, 0.4) is 0 Å². The van der Waals surface area contributed by atoms with E-state index < -0.39 is 17.4 Å². The maximum Gasteiger partial charge on any atom is 0.313 e. The Labute approximate surface area is 172 Å². The summed E-state index contributed by atoms with van der Waals surface area (Å²) in [7, 11) is 1.50. The topological polar surface area (TPSA) is 120 Å². The van der Waals surface area contributed by atoms with Gasteiger partial charge in [0, 0.05) is 29.4 Å². The molecule has 1 saturated carbocycles. The lowest BCUT2D eigenvalue weighted by molar-refractivity contribution is -0.605. The van der Waals surface area contributed by atoms with E-state index >= 15 is 0 Å². The molecule has 1 aliphatic rings. The molecule has 1 aliphatic carbocycles. The van der Waals surface area contributed by atoms with Crippen LogP contribution in [0, 0.1) is 5.21 Å². The van der Waals surface area contributed by atoms with Crippen LogP contribution in [0.2, 0.25) is 0 Å². The molecule has 3 aromatic rings. The van der Waals surface area contributed by atoms with Gasteiger partial charge in [0.1, 0.15) is 5.75 Å². The van der Waals surface area contributed by atoms with E-state index in [0.717, 1.165) is 18.4 Å². The van der Waals surface area contributed by atoms with Crippen LogP contribution in [0.15, 0.2) is 59.7 Å². The van der Waals surface area contributed by atoms with Crippen molar-refractivity contribution >= 4 is 17.5 Å². The number of amides is 2. The largest absolute Gasteiger partial charge is 0.619 e. The first-order valence-electron chi connectivity index (χ1n) is 9.36. The third-order valence-electron chi connectivity index (χ3n) is 5.01. The van der Waals surface area contributed by atoms with Crippen LogP contribution < -0.4 is 20.1 Å². The van der Waals surface area contributed by atoms with Gasteiger partial charge in [-0.3, -0.25) is 9.59 Å². The molecule has 154 valence electrons. The first-order valence-corrected chi connectivity index (χ1v) is 9.36. The highest BCUT2D eigenvalue weighted by atomic mass is 16.5. The van der Waals surface area contributed by atoms with Gasteiger partial charge in [0.25, 0.3) is 0 Å². The molecule has 1 aromatic carbocycles. The Morgan fingerprint density at radius 1 is 1.23 bits per heavy atom. The molecule has 0 radical (unpaired) electrons. The van der Waals surface area contributed by atoms with Crippen molar-refractivity contribution in [3.05, 3.63) is 66.1 Å². The number of nitrogens with one attached hydrogen (secondary N) is 2. The molecule has 2 heterocycles. The standard InChI is InChI=1S/C21H20N4O5/c1-29-17-10-15(2-3-16(17)18-12-22-13-30-18)23-19(26)20(27)24-21(6-7-21)11-14-4-8-25(28)9-5-14/h2-5,8-10,12-13H,6-7,11H2,1H3,(H,23,26)(H,24,27). The third kappa shape index (κ3) is 4.24. The van der Waals surface area contributed by atoms with Gasteiger partial charge in [-0.05, 0) is 37.0 Å². The average Bonchev–Trinajstić information content (AvgIpc) is 3.26. The van der Waals surface area contributed by atoms with Crippen molar-refractivity contribution in [2.75, 3.05) is 12.4 Å². The van der Waals surface area contributed by atoms with E-state index in [9.17, 15) is 14.8 Å². The highest BCUT2D eigenvalue weighted by molar-refractivity contribution is 6.39. The van der Waals surface area contributed by atoms with Crippen LogP contribution in [0.25, 0.3) is 11.3 Å². The summed E-state index contributed by atoms with van der Waals surface area (Å²) in [6.45, 7) is 0. The van der Waals surface area contributed by atoms with Crippen molar-refractivity contribution in [2.45, 2.75) is 24.8 Å². The molecule has 30 heavy (non-hydrogen) atoms. The van der Waals surface area contributed by atoms with Crippen LogP contribution in [-0.4, -0.2) is 29.4 Å². The van der Waals surface area contributed by atoms with Gasteiger partial charge < -0.3 is 25.0 Å². The smallest absolute Gasteiger partial charge is 0.313 e. The minimum absolute atomic E-state index is 0.420. The zero-order chi connectivity index (χ0) is 21.1. The van der Waals surface area contributed by atoms with Crippen molar-refractivity contribution in [1.29, 1.82) is 0 Å². The average molecular weight is 408 g/mol. The van der Waals surface area contributed by atoms with Crippen LogP contribution in [-0.2, 0) is 16.0 Å². The molecule has 2 aromatic heterocycles. The lowest BCUT2D eigenvalue weighted by Crippen LogP contribution is -2.44. The number of carbonyl (C=O) groups is 2. The summed E-state index contributed by atoms with van der Waals surface area (Å²) in [6, 6.07) is 8.40. The zero-order valence-electron chi connectivity index (χ0n) is 16.3. The van der Waals surface area contributed by atoms with E-state index in [0.29, 0.717) is 33.9 Å². The number of aromatic nitrogens is 2. The molecule has 0 spiro atoms. The Hall–Kier alpha value is -3.88. The highest BCUT2D eigenvalue weighted by Gasteiger charge is 2.45. The molecule has 9 heteroatoms. The lowest BCUT2D eigenvalue weighted by atomic mass is 10.1. The molecule has 0 atom stereocenters. The number of pyridine rings is 1. The summed E-state index contributed by atoms with van der Waals surface area (Å²) in [5, 5.41) is 16.6. The van der Waals surface area contributed by atoms with Gasteiger partial charge in [0.05, 0.1) is 18.9 Å². The Balaban J connectivity index is 1.40. The van der Waals surface area contributed by atoms with Gasteiger partial charge in [-0.15, -0.1) is 0 Å². The molecule has 1 fully saturated rings. The normalized spacial score (nSPS) is 14.0. The highest BCUT2D eigenvalue weighted by Crippen LogP contribution is 2.38.